The Hall–Kier alpha value is -3.80. The molecule has 0 aliphatic rings. The number of carbonyl (C=O) groups is 1. The summed E-state index contributed by atoms with van der Waals surface area (Å²) in [5.41, 5.74) is 3.74. The fourth-order valence-corrected chi connectivity index (χ4v) is 3.55. The number of methoxy groups -OCH3 is 1. The van der Waals surface area contributed by atoms with Gasteiger partial charge in [0.25, 0.3) is 0 Å². The van der Waals surface area contributed by atoms with Crippen LogP contribution in [0, 0.1) is 0 Å². The normalized spacial score (nSPS) is 10.8. The number of benzene rings is 3. The number of aromatic amines is 1. The standard InChI is InChI=1S/C24H24N4O2/c1-28(2)21-13-18(11-12-22(21)30-3)20-15-23(27-26-20)25-24(29)14-17-9-6-8-16-7-4-5-10-19(16)17/h4-13,15H,14H2,1-3H3,(H2,25,26,27,29). The fraction of sp³-hybridized carbons (Fsp3) is 0.167. The summed E-state index contributed by atoms with van der Waals surface area (Å²) >= 11 is 0. The Labute approximate surface area is 175 Å². The number of amides is 1. The van der Waals surface area contributed by atoms with E-state index in [2.05, 4.69) is 15.5 Å². The van der Waals surface area contributed by atoms with Crippen molar-refractivity contribution >= 4 is 28.2 Å². The molecule has 2 N–H and O–H groups in total. The van der Waals surface area contributed by atoms with E-state index < -0.39 is 0 Å². The minimum Gasteiger partial charge on any atom is -0.495 e. The van der Waals surface area contributed by atoms with Gasteiger partial charge in [-0.15, -0.1) is 0 Å². The highest BCUT2D eigenvalue weighted by Gasteiger charge is 2.12. The largest absolute Gasteiger partial charge is 0.495 e. The topological polar surface area (TPSA) is 70.2 Å². The molecule has 0 aliphatic heterocycles. The summed E-state index contributed by atoms with van der Waals surface area (Å²) < 4.78 is 5.42. The Morgan fingerprint density at radius 3 is 2.67 bits per heavy atom. The molecule has 30 heavy (non-hydrogen) atoms. The highest BCUT2D eigenvalue weighted by molar-refractivity contribution is 5.96. The van der Waals surface area contributed by atoms with Gasteiger partial charge in [-0.2, -0.15) is 5.10 Å². The van der Waals surface area contributed by atoms with Crippen molar-refractivity contribution < 1.29 is 9.53 Å². The number of hydrogen-bond acceptors (Lipinski definition) is 4. The minimum atomic E-state index is -0.104. The molecule has 6 nitrogen and oxygen atoms in total. The summed E-state index contributed by atoms with van der Waals surface area (Å²) in [7, 11) is 5.59. The van der Waals surface area contributed by atoms with E-state index in [0.29, 0.717) is 5.82 Å². The lowest BCUT2D eigenvalue weighted by molar-refractivity contribution is -0.115. The second kappa shape index (κ2) is 8.29. The maximum atomic E-state index is 12.6. The molecule has 0 bridgehead atoms. The summed E-state index contributed by atoms with van der Waals surface area (Å²) in [5, 5.41) is 12.4. The maximum Gasteiger partial charge on any atom is 0.230 e. The van der Waals surface area contributed by atoms with Gasteiger partial charge in [0.15, 0.2) is 5.82 Å². The number of hydrogen-bond donors (Lipinski definition) is 2. The summed E-state index contributed by atoms with van der Waals surface area (Å²) in [6.45, 7) is 0. The average molecular weight is 400 g/mol. The van der Waals surface area contributed by atoms with Gasteiger partial charge in [0.05, 0.1) is 24.9 Å². The second-order valence-corrected chi connectivity index (χ2v) is 7.31. The van der Waals surface area contributed by atoms with Crippen molar-refractivity contribution in [2.75, 3.05) is 31.4 Å². The maximum absolute atomic E-state index is 12.6. The van der Waals surface area contributed by atoms with Crippen LogP contribution in [0.1, 0.15) is 5.56 Å². The third-order valence-electron chi connectivity index (χ3n) is 5.05. The molecule has 1 aromatic heterocycles. The predicted octanol–water partition coefficient (Wildman–Crippen LogP) is 4.49. The predicted molar refractivity (Wildman–Crippen MR) is 121 cm³/mol. The van der Waals surface area contributed by atoms with Crippen molar-refractivity contribution in [1.82, 2.24) is 10.2 Å². The van der Waals surface area contributed by atoms with Gasteiger partial charge in [0, 0.05) is 25.7 Å². The number of carbonyl (C=O) groups excluding carboxylic acids is 1. The van der Waals surface area contributed by atoms with Crippen LogP contribution in [-0.2, 0) is 11.2 Å². The van der Waals surface area contributed by atoms with Gasteiger partial charge in [-0.25, -0.2) is 0 Å². The summed E-state index contributed by atoms with van der Waals surface area (Å²) in [6.07, 6.45) is 0.289. The molecular formula is C24H24N4O2. The molecule has 0 atom stereocenters. The average Bonchev–Trinajstić information content (AvgIpc) is 3.21. The third-order valence-corrected chi connectivity index (χ3v) is 5.05. The van der Waals surface area contributed by atoms with Gasteiger partial charge in [0.1, 0.15) is 5.75 Å². The van der Waals surface area contributed by atoms with E-state index in [1.165, 1.54) is 0 Å². The molecule has 0 aliphatic carbocycles. The summed E-state index contributed by atoms with van der Waals surface area (Å²) in [4.78, 5) is 14.6. The molecule has 0 unspecified atom stereocenters. The van der Waals surface area contributed by atoms with Crippen LogP contribution < -0.4 is 15.0 Å². The molecule has 4 rings (SSSR count). The van der Waals surface area contributed by atoms with Crippen LogP contribution in [0.25, 0.3) is 22.0 Å². The van der Waals surface area contributed by atoms with Crippen molar-refractivity contribution in [1.29, 1.82) is 0 Å². The molecule has 4 aromatic rings. The van der Waals surface area contributed by atoms with Crippen molar-refractivity contribution in [2.24, 2.45) is 0 Å². The Bertz CT molecular complexity index is 1190. The summed E-state index contributed by atoms with van der Waals surface area (Å²) in [6, 6.07) is 21.8. The van der Waals surface area contributed by atoms with E-state index in [0.717, 1.165) is 39.0 Å². The molecule has 152 valence electrons. The number of nitrogens with one attached hydrogen (secondary N) is 2. The number of rotatable bonds is 6. The van der Waals surface area contributed by atoms with E-state index in [1.54, 1.807) is 7.11 Å². The van der Waals surface area contributed by atoms with Crippen LogP contribution in [-0.4, -0.2) is 37.3 Å². The lowest BCUT2D eigenvalue weighted by Gasteiger charge is -2.17. The quantitative estimate of drug-likeness (QED) is 0.500. The fourth-order valence-electron chi connectivity index (χ4n) is 3.55. The Morgan fingerprint density at radius 1 is 1.07 bits per heavy atom. The highest BCUT2D eigenvalue weighted by Crippen LogP contribution is 2.32. The molecular weight excluding hydrogens is 376 g/mol. The molecule has 6 heteroatoms. The first-order valence-corrected chi connectivity index (χ1v) is 9.73. The van der Waals surface area contributed by atoms with Crippen LogP contribution in [0.4, 0.5) is 11.5 Å². The van der Waals surface area contributed by atoms with E-state index in [1.807, 2.05) is 85.7 Å². The van der Waals surface area contributed by atoms with Gasteiger partial charge in [0.2, 0.25) is 5.91 Å². The van der Waals surface area contributed by atoms with Crippen LogP contribution in [0.3, 0.4) is 0 Å². The van der Waals surface area contributed by atoms with E-state index in [4.69, 9.17) is 4.74 Å². The van der Waals surface area contributed by atoms with Crippen LogP contribution in [0.15, 0.2) is 66.7 Å². The van der Waals surface area contributed by atoms with Gasteiger partial charge >= 0.3 is 0 Å². The Balaban J connectivity index is 1.51. The molecule has 3 aromatic carbocycles. The van der Waals surface area contributed by atoms with Gasteiger partial charge in [-0.05, 0) is 34.5 Å². The number of fused-ring (bicyclic) bond motifs is 1. The molecule has 0 saturated carbocycles. The van der Waals surface area contributed by atoms with Gasteiger partial charge in [-0.3, -0.25) is 9.89 Å². The van der Waals surface area contributed by atoms with Crippen LogP contribution in [0.5, 0.6) is 5.75 Å². The zero-order valence-electron chi connectivity index (χ0n) is 17.3. The highest BCUT2D eigenvalue weighted by atomic mass is 16.5. The molecule has 0 spiro atoms. The zero-order chi connectivity index (χ0) is 21.1. The minimum absolute atomic E-state index is 0.104. The second-order valence-electron chi connectivity index (χ2n) is 7.31. The van der Waals surface area contributed by atoms with Crippen molar-refractivity contribution in [2.45, 2.75) is 6.42 Å². The Morgan fingerprint density at radius 2 is 1.87 bits per heavy atom. The SMILES string of the molecule is COc1ccc(-c2cc(NC(=O)Cc3cccc4ccccc34)n[nH]2)cc1N(C)C. The van der Waals surface area contributed by atoms with Crippen molar-refractivity contribution in [3.8, 4) is 17.0 Å². The number of anilines is 2. The third kappa shape index (κ3) is 3.98. The van der Waals surface area contributed by atoms with Crippen molar-refractivity contribution in [3.05, 3.63) is 72.3 Å². The molecule has 1 amide bonds. The molecule has 0 saturated heterocycles. The number of ether oxygens (including phenoxy) is 1. The Kier molecular flexibility index (Phi) is 5.39. The first-order valence-electron chi connectivity index (χ1n) is 9.73. The van der Waals surface area contributed by atoms with Gasteiger partial charge < -0.3 is 15.0 Å². The smallest absolute Gasteiger partial charge is 0.230 e. The van der Waals surface area contributed by atoms with Crippen molar-refractivity contribution in [3.63, 3.8) is 0 Å². The lowest BCUT2D eigenvalue weighted by Crippen LogP contribution is -2.14. The summed E-state index contributed by atoms with van der Waals surface area (Å²) in [5.74, 6) is 1.19. The molecule has 1 heterocycles. The monoisotopic (exact) mass is 400 g/mol. The molecule has 0 fully saturated rings. The van der Waals surface area contributed by atoms with Gasteiger partial charge in [-0.1, -0.05) is 42.5 Å². The first-order chi connectivity index (χ1) is 14.5. The number of aromatic nitrogens is 2. The lowest BCUT2D eigenvalue weighted by atomic mass is 10.0. The van der Waals surface area contributed by atoms with E-state index in [9.17, 15) is 4.79 Å². The number of H-pyrrole nitrogens is 1. The zero-order valence-corrected chi connectivity index (χ0v) is 17.3. The first kappa shape index (κ1) is 19.5. The van der Waals surface area contributed by atoms with Crippen LogP contribution in [0.2, 0.25) is 0 Å². The van der Waals surface area contributed by atoms with E-state index >= 15 is 0 Å². The van der Waals surface area contributed by atoms with Crippen LogP contribution >= 0.6 is 0 Å². The number of nitrogens with zero attached hydrogens (tertiary/aromatic N) is 2. The van der Waals surface area contributed by atoms with E-state index in [-0.39, 0.29) is 12.3 Å². The molecule has 0 radical (unpaired) electrons.